The summed E-state index contributed by atoms with van der Waals surface area (Å²) < 4.78 is 33.0. The van der Waals surface area contributed by atoms with Crippen LogP contribution in [0.2, 0.25) is 0 Å². The molecule has 9 nitrogen and oxygen atoms in total. The summed E-state index contributed by atoms with van der Waals surface area (Å²) in [4.78, 5) is 23.6. The van der Waals surface area contributed by atoms with E-state index in [-0.39, 0.29) is 30.5 Å². The third-order valence-electron chi connectivity index (χ3n) is 6.76. The number of carbonyl (C=O) groups excluding carboxylic acids is 1. The van der Waals surface area contributed by atoms with Gasteiger partial charge in [-0.15, -0.1) is 11.3 Å². The molecule has 0 unspecified atom stereocenters. The number of rotatable bonds is 8. The highest BCUT2D eigenvalue weighted by atomic mass is 32.2. The average molecular weight is 529 g/mol. The molecule has 190 valence electrons. The minimum atomic E-state index is -3.96. The number of hydrogen-bond donors (Lipinski definition) is 2. The number of ether oxygens (including phenoxy) is 1. The van der Waals surface area contributed by atoms with E-state index in [2.05, 4.69) is 27.4 Å². The van der Waals surface area contributed by atoms with Crippen LogP contribution in [0.1, 0.15) is 62.2 Å². The summed E-state index contributed by atoms with van der Waals surface area (Å²) in [6.45, 7) is 2.71. The van der Waals surface area contributed by atoms with Crippen molar-refractivity contribution in [2.24, 2.45) is 11.1 Å². The van der Waals surface area contributed by atoms with Crippen molar-refractivity contribution in [2.45, 2.75) is 44.8 Å². The smallest absolute Gasteiger partial charge is 0.333 e. The number of anilines is 1. The Labute approximate surface area is 214 Å². The number of ketones is 1. The molecule has 0 spiro atoms. The van der Waals surface area contributed by atoms with Crippen LogP contribution in [0.15, 0.2) is 42.9 Å². The van der Waals surface area contributed by atoms with E-state index in [4.69, 9.17) is 14.1 Å². The first kappa shape index (κ1) is 25.0. The molecule has 0 radical (unpaired) electrons. The van der Waals surface area contributed by atoms with E-state index in [1.165, 1.54) is 29.4 Å². The number of hydrogen-bond acceptors (Lipinski definition) is 9. The van der Waals surface area contributed by atoms with E-state index in [1.54, 1.807) is 0 Å². The molecule has 11 heteroatoms. The Hall–Kier alpha value is -2.70. The number of carbonyl (C=O) groups is 1. The van der Waals surface area contributed by atoms with Crippen molar-refractivity contribution < 1.29 is 22.1 Å². The number of thiophene rings is 1. The van der Waals surface area contributed by atoms with Crippen LogP contribution in [0.25, 0.3) is 0 Å². The van der Waals surface area contributed by atoms with Crippen molar-refractivity contribution in [2.75, 3.05) is 18.5 Å². The predicted molar refractivity (Wildman–Crippen MR) is 136 cm³/mol. The highest BCUT2D eigenvalue weighted by Gasteiger charge is 2.29. The third-order valence-corrected chi connectivity index (χ3v) is 8.29. The van der Waals surface area contributed by atoms with Gasteiger partial charge in [0.15, 0.2) is 0 Å². The van der Waals surface area contributed by atoms with E-state index in [1.807, 2.05) is 25.1 Å². The summed E-state index contributed by atoms with van der Waals surface area (Å²) in [6.07, 6.45) is 5.92. The van der Waals surface area contributed by atoms with Crippen LogP contribution in [0.5, 0.6) is 0 Å². The van der Waals surface area contributed by atoms with Crippen molar-refractivity contribution in [3.05, 3.63) is 74.9 Å². The maximum atomic E-state index is 13.6. The molecule has 1 aliphatic heterocycles. The lowest BCUT2D eigenvalue weighted by Crippen LogP contribution is -2.22. The normalized spacial score (nSPS) is 21.8. The number of nitrogens with one attached hydrogen (secondary N) is 1. The zero-order chi connectivity index (χ0) is 25.3. The minimum Gasteiger partial charge on any atom is -0.368 e. The van der Waals surface area contributed by atoms with E-state index >= 15 is 0 Å². The Kier molecular flexibility index (Phi) is 7.18. The summed E-state index contributed by atoms with van der Waals surface area (Å²) in [5.74, 6) is 0.385. The minimum absolute atomic E-state index is 0.0355. The Bertz CT molecular complexity index is 1370. The molecular weight excluding hydrogens is 500 g/mol. The topological polar surface area (TPSA) is 133 Å². The van der Waals surface area contributed by atoms with Crippen LogP contribution in [-0.4, -0.2) is 43.4 Å². The number of nitrogens with zero attached hydrogens (tertiary/aromatic N) is 2. The monoisotopic (exact) mass is 528 g/mol. The largest absolute Gasteiger partial charge is 0.368 e. The Morgan fingerprint density at radius 2 is 2.11 bits per heavy atom. The van der Waals surface area contributed by atoms with Crippen LogP contribution in [0.4, 0.5) is 5.82 Å². The van der Waals surface area contributed by atoms with Crippen molar-refractivity contribution in [3.63, 3.8) is 0 Å². The van der Waals surface area contributed by atoms with Crippen molar-refractivity contribution in [1.82, 2.24) is 9.97 Å². The number of fused-ring (bicyclic) bond motifs is 1. The van der Waals surface area contributed by atoms with Gasteiger partial charge in [0.25, 0.3) is 0 Å². The summed E-state index contributed by atoms with van der Waals surface area (Å²) in [5, 5.41) is 8.29. The summed E-state index contributed by atoms with van der Waals surface area (Å²) >= 11 is 1.45. The lowest BCUT2D eigenvalue weighted by molar-refractivity contribution is 0.0697. The molecule has 36 heavy (non-hydrogen) atoms. The van der Waals surface area contributed by atoms with Crippen molar-refractivity contribution in [3.8, 4) is 0 Å². The van der Waals surface area contributed by atoms with Gasteiger partial charge in [0, 0.05) is 17.1 Å². The van der Waals surface area contributed by atoms with Gasteiger partial charge in [-0.05, 0) is 61.3 Å². The van der Waals surface area contributed by atoms with Gasteiger partial charge >= 0.3 is 10.3 Å². The zero-order valence-corrected chi connectivity index (χ0v) is 21.5. The molecule has 3 aromatic rings. The molecule has 3 heterocycles. The van der Waals surface area contributed by atoms with Crippen LogP contribution in [-0.2, 0) is 25.6 Å². The number of aromatic nitrogens is 2. The fourth-order valence-corrected chi connectivity index (χ4v) is 6.39. The van der Waals surface area contributed by atoms with E-state index in [0.29, 0.717) is 29.3 Å². The van der Waals surface area contributed by atoms with Gasteiger partial charge < -0.3 is 10.1 Å². The zero-order valence-electron chi connectivity index (χ0n) is 19.8. The fraction of sp³-hybridized carbons (Fsp3) is 0.400. The first-order chi connectivity index (χ1) is 17.3. The molecule has 3 atom stereocenters. The second-order valence-corrected chi connectivity index (χ2v) is 11.7. The first-order valence-electron chi connectivity index (χ1n) is 11.9. The maximum absolute atomic E-state index is 13.6. The van der Waals surface area contributed by atoms with E-state index < -0.39 is 10.3 Å². The predicted octanol–water partition coefficient (Wildman–Crippen LogP) is 3.54. The Balaban J connectivity index is 1.33. The second kappa shape index (κ2) is 10.3. The first-order valence-corrected chi connectivity index (χ1v) is 14.2. The molecule has 2 aliphatic rings. The van der Waals surface area contributed by atoms with Gasteiger partial charge in [-0.3, -0.25) is 8.98 Å². The molecule has 0 amide bonds. The number of aryl methyl sites for hydroxylation is 1. The van der Waals surface area contributed by atoms with Crippen LogP contribution in [0.3, 0.4) is 0 Å². The number of nitrogens with two attached hydrogens (primary N) is 1. The number of benzene rings is 1. The highest BCUT2D eigenvalue weighted by Crippen LogP contribution is 2.38. The molecule has 1 aliphatic carbocycles. The molecule has 1 fully saturated rings. The third kappa shape index (κ3) is 5.50. The van der Waals surface area contributed by atoms with Crippen molar-refractivity contribution in [1.29, 1.82) is 0 Å². The van der Waals surface area contributed by atoms with Crippen LogP contribution < -0.4 is 10.5 Å². The quantitative estimate of drug-likeness (QED) is 0.424. The molecule has 0 bridgehead atoms. The second-order valence-electron chi connectivity index (χ2n) is 9.23. The van der Waals surface area contributed by atoms with Crippen LogP contribution >= 0.6 is 11.3 Å². The standard InChI is InChI=1S/C25H28N4O5S2/c1-15-20(24-19-5-3-2-4-17(19)8-9-33-24)11-22(35-15)23(30)21-12-27-14-28-25(21)29-18-7-6-16(10-18)13-34-36(26,31)32/h2-5,11-12,14,16,18,24H,6-10,13H2,1H3,(H2,26,31,32)(H,27,28,29)/t16-,18+,24-/m1/s1. The molecular formula is C25H28N4O5S2. The molecule has 1 saturated carbocycles. The van der Waals surface area contributed by atoms with Crippen molar-refractivity contribution >= 4 is 33.2 Å². The summed E-state index contributed by atoms with van der Waals surface area (Å²) in [7, 11) is -3.96. The Morgan fingerprint density at radius 3 is 2.94 bits per heavy atom. The summed E-state index contributed by atoms with van der Waals surface area (Å²) in [6, 6.07) is 10.2. The molecule has 0 saturated heterocycles. The average Bonchev–Trinajstić information content (AvgIpc) is 3.48. The molecule has 3 N–H and O–H groups in total. The molecule has 1 aromatic carbocycles. The van der Waals surface area contributed by atoms with Gasteiger partial charge in [-0.2, -0.15) is 8.42 Å². The molecule has 5 rings (SSSR count). The van der Waals surface area contributed by atoms with Gasteiger partial charge in [-0.25, -0.2) is 15.1 Å². The molecule has 2 aromatic heterocycles. The van der Waals surface area contributed by atoms with Gasteiger partial charge in [0.1, 0.15) is 18.2 Å². The lowest BCUT2D eigenvalue weighted by Gasteiger charge is -2.26. The Morgan fingerprint density at radius 1 is 1.28 bits per heavy atom. The van der Waals surface area contributed by atoms with Gasteiger partial charge in [0.05, 0.1) is 23.7 Å². The maximum Gasteiger partial charge on any atom is 0.333 e. The van der Waals surface area contributed by atoms with E-state index in [0.717, 1.165) is 35.3 Å². The summed E-state index contributed by atoms with van der Waals surface area (Å²) in [5.41, 5.74) is 3.84. The highest BCUT2D eigenvalue weighted by molar-refractivity contribution is 7.84. The SMILES string of the molecule is Cc1sc(C(=O)c2cncnc2N[C@H]2CC[C@@H](COS(N)(=O)=O)C2)cc1[C@@H]1OCCc2ccccc21. The van der Waals surface area contributed by atoms with E-state index in [9.17, 15) is 13.2 Å². The van der Waals surface area contributed by atoms with Gasteiger partial charge in [-0.1, -0.05) is 24.3 Å². The fourth-order valence-electron chi connectivity index (χ4n) is 5.01. The lowest BCUT2D eigenvalue weighted by atomic mass is 9.93. The van der Waals surface area contributed by atoms with Crippen LogP contribution in [0, 0.1) is 12.8 Å². The van der Waals surface area contributed by atoms with Gasteiger partial charge in [0.2, 0.25) is 5.78 Å².